The third kappa shape index (κ3) is 5.75. The van der Waals surface area contributed by atoms with Crippen LogP contribution in [0.2, 0.25) is 0 Å². The molecule has 1 aliphatic heterocycles. The molecular formula is C13H21NO5S. The van der Waals surface area contributed by atoms with Crippen molar-refractivity contribution < 1.29 is 24.0 Å². The molecule has 0 spiro atoms. The minimum atomic E-state index is -0.326. The normalized spacial score (nSPS) is 17.7. The van der Waals surface area contributed by atoms with Gasteiger partial charge in [-0.15, -0.1) is 13.2 Å². The Labute approximate surface area is 123 Å². The van der Waals surface area contributed by atoms with Crippen molar-refractivity contribution in [2.24, 2.45) is 0 Å². The van der Waals surface area contributed by atoms with Crippen molar-refractivity contribution in [2.45, 2.75) is 30.9 Å². The molecule has 0 aliphatic carbocycles. The SMILES string of the molecule is C=C.COC(=O)CCCCON1C(=O)CC(SC)C1=O. The number of amides is 2. The zero-order valence-electron chi connectivity index (χ0n) is 11.9. The first-order chi connectivity index (χ1) is 9.60. The van der Waals surface area contributed by atoms with Crippen molar-refractivity contribution in [2.75, 3.05) is 20.0 Å². The van der Waals surface area contributed by atoms with Gasteiger partial charge in [0, 0.05) is 6.42 Å². The molecule has 1 saturated heterocycles. The van der Waals surface area contributed by atoms with Gasteiger partial charge in [-0.3, -0.25) is 19.2 Å². The van der Waals surface area contributed by atoms with Gasteiger partial charge in [-0.2, -0.15) is 16.8 Å². The van der Waals surface area contributed by atoms with E-state index in [0.717, 1.165) is 5.06 Å². The number of hydrogen-bond acceptors (Lipinski definition) is 6. The van der Waals surface area contributed by atoms with E-state index < -0.39 is 0 Å². The van der Waals surface area contributed by atoms with Crippen LogP contribution in [0.4, 0.5) is 0 Å². The second-order valence-electron chi connectivity index (χ2n) is 3.82. The molecule has 20 heavy (non-hydrogen) atoms. The smallest absolute Gasteiger partial charge is 0.305 e. The molecule has 1 rings (SSSR count). The first kappa shape index (κ1) is 18.7. The third-order valence-electron chi connectivity index (χ3n) is 2.57. The fourth-order valence-electron chi connectivity index (χ4n) is 1.53. The maximum absolute atomic E-state index is 11.7. The van der Waals surface area contributed by atoms with Crippen molar-refractivity contribution >= 4 is 29.5 Å². The van der Waals surface area contributed by atoms with Crippen LogP contribution in [0.1, 0.15) is 25.7 Å². The van der Waals surface area contributed by atoms with E-state index in [-0.39, 0.29) is 36.1 Å². The molecule has 2 amide bonds. The Balaban J connectivity index is 0.00000172. The number of ether oxygens (including phenoxy) is 1. The van der Waals surface area contributed by atoms with Gasteiger partial charge in [-0.1, -0.05) is 0 Å². The summed E-state index contributed by atoms with van der Waals surface area (Å²) >= 11 is 1.35. The minimum absolute atomic E-state index is 0.197. The number of unbranched alkanes of at least 4 members (excludes halogenated alkanes) is 1. The maximum atomic E-state index is 11.7. The standard InChI is InChI=1S/C11H17NO5S.C2H4/c1-16-10(14)5-3-4-6-17-12-9(13)7-8(18-2)11(12)15;1-2/h8H,3-7H2,1-2H3;1-2H2. The van der Waals surface area contributed by atoms with Crippen LogP contribution in [0.5, 0.6) is 0 Å². The summed E-state index contributed by atoms with van der Waals surface area (Å²) in [5, 5.41) is 0.520. The van der Waals surface area contributed by atoms with E-state index in [9.17, 15) is 14.4 Å². The first-order valence-corrected chi connectivity index (χ1v) is 7.48. The molecule has 1 heterocycles. The fraction of sp³-hybridized carbons (Fsp3) is 0.615. The number of hydroxylamine groups is 2. The largest absolute Gasteiger partial charge is 0.469 e. The summed E-state index contributed by atoms with van der Waals surface area (Å²) in [6.07, 6.45) is 3.50. The van der Waals surface area contributed by atoms with Crippen LogP contribution < -0.4 is 0 Å². The number of hydrogen-bond donors (Lipinski definition) is 0. The minimum Gasteiger partial charge on any atom is -0.469 e. The third-order valence-corrected chi connectivity index (χ3v) is 3.51. The fourth-order valence-corrected chi connectivity index (χ4v) is 2.14. The molecule has 0 radical (unpaired) electrons. The maximum Gasteiger partial charge on any atom is 0.305 e. The Morgan fingerprint density at radius 3 is 2.55 bits per heavy atom. The van der Waals surface area contributed by atoms with Gasteiger partial charge in [0.25, 0.3) is 11.8 Å². The molecule has 1 fully saturated rings. The van der Waals surface area contributed by atoms with Gasteiger partial charge in [-0.05, 0) is 19.1 Å². The molecule has 0 N–H and O–H groups in total. The van der Waals surface area contributed by atoms with Crippen molar-refractivity contribution in [3.05, 3.63) is 13.2 Å². The summed E-state index contributed by atoms with van der Waals surface area (Å²) in [6.45, 7) is 6.25. The Bertz CT molecular complexity index is 348. The van der Waals surface area contributed by atoms with Gasteiger partial charge in [-0.25, -0.2) is 0 Å². The van der Waals surface area contributed by atoms with Crippen LogP contribution in [0, 0.1) is 0 Å². The number of nitrogens with zero attached hydrogens (tertiary/aromatic N) is 1. The van der Waals surface area contributed by atoms with Crippen molar-refractivity contribution in [1.82, 2.24) is 5.06 Å². The lowest BCUT2D eigenvalue weighted by Crippen LogP contribution is -2.31. The number of methoxy groups -OCH3 is 1. The second-order valence-corrected chi connectivity index (χ2v) is 4.86. The molecule has 1 aliphatic rings. The Hall–Kier alpha value is -1.34. The van der Waals surface area contributed by atoms with Crippen LogP contribution in [-0.2, 0) is 24.0 Å². The van der Waals surface area contributed by atoms with Gasteiger partial charge in [0.15, 0.2) is 0 Å². The lowest BCUT2D eigenvalue weighted by Gasteiger charge is -2.13. The first-order valence-electron chi connectivity index (χ1n) is 6.19. The molecule has 0 aromatic heterocycles. The molecular weight excluding hydrogens is 282 g/mol. The zero-order valence-corrected chi connectivity index (χ0v) is 12.7. The second kappa shape index (κ2) is 10.4. The molecule has 0 bridgehead atoms. The molecule has 114 valence electrons. The summed E-state index contributed by atoms with van der Waals surface area (Å²) < 4.78 is 4.49. The van der Waals surface area contributed by atoms with Gasteiger partial charge in [0.1, 0.15) is 0 Å². The average Bonchev–Trinajstić information content (AvgIpc) is 2.75. The van der Waals surface area contributed by atoms with Gasteiger partial charge in [0.2, 0.25) is 0 Å². The average molecular weight is 303 g/mol. The number of imide groups is 1. The van der Waals surface area contributed by atoms with Gasteiger partial charge in [0.05, 0.1) is 25.4 Å². The predicted molar refractivity (Wildman–Crippen MR) is 76.8 cm³/mol. The highest BCUT2D eigenvalue weighted by Crippen LogP contribution is 2.23. The molecule has 1 unspecified atom stereocenters. The highest BCUT2D eigenvalue weighted by Gasteiger charge is 2.39. The van der Waals surface area contributed by atoms with E-state index >= 15 is 0 Å². The molecule has 0 aromatic carbocycles. The zero-order chi connectivity index (χ0) is 15.5. The quantitative estimate of drug-likeness (QED) is 0.307. The van der Waals surface area contributed by atoms with Gasteiger partial charge >= 0.3 is 5.97 Å². The summed E-state index contributed by atoms with van der Waals surface area (Å²) in [5.41, 5.74) is 0. The molecule has 6 nitrogen and oxygen atoms in total. The van der Waals surface area contributed by atoms with Crippen LogP contribution >= 0.6 is 11.8 Å². The molecule has 0 saturated carbocycles. The lowest BCUT2D eigenvalue weighted by atomic mass is 10.2. The number of carbonyl (C=O) groups is 3. The van der Waals surface area contributed by atoms with Crippen LogP contribution in [0.15, 0.2) is 13.2 Å². The highest BCUT2D eigenvalue weighted by atomic mass is 32.2. The van der Waals surface area contributed by atoms with Crippen LogP contribution in [0.25, 0.3) is 0 Å². The number of esters is 1. The van der Waals surface area contributed by atoms with E-state index in [4.69, 9.17) is 4.84 Å². The molecule has 1 atom stereocenters. The predicted octanol–water partition coefficient (Wildman–Crippen LogP) is 1.55. The van der Waals surface area contributed by atoms with Gasteiger partial charge < -0.3 is 4.74 Å². The van der Waals surface area contributed by atoms with E-state index in [1.807, 2.05) is 0 Å². The van der Waals surface area contributed by atoms with Crippen molar-refractivity contribution in [3.8, 4) is 0 Å². The molecule has 7 heteroatoms. The number of rotatable bonds is 7. The Kier molecular flexibility index (Phi) is 9.75. The van der Waals surface area contributed by atoms with Crippen molar-refractivity contribution in [3.63, 3.8) is 0 Å². The van der Waals surface area contributed by atoms with E-state index in [1.54, 1.807) is 6.26 Å². The summed E-state index contributed by atoms with van der Waals surface area (Å²) in [7, 11) is 1.34. The topological polar surface area (TPSA) is 72.9 Å². The Morgan fingerprint density at radius 1 is 1.40 bits per heavy atom. The highest BCUT2D eigenvalue weighted by molar-refractivity contribution is 8.00. The van der Waals surface area contributed by atoms with E-state index in [0.29, 0.717) is 19.3 Å². The summed E-state index contributed by atoms with van der Waals surface area (Å²) in [6, 6.07) is 0. The number of carbonyl (C=O) groups excluding carboxylic acids is 3. The van der Waals surface area contributed by atoms with E-state index in [1.165, 1.54) is 18.9 Å². The molecule has 0 aromatic rings. The van der Waals surface area contributed by atoms with Crippen LogP contribution in [-0.4, -0.2) is 48.1 Å². The van der Waals surface area contributed by atoms with E-state index in [2.05, 4.69) is 17.9 Å². The Morgan fingerprint density at radius 2 is 2.05 bits per heavy atom. The van der Waals surface area contributed by atoms with Crippen molar-refractivity contribution in [1.29, 1.82) is 0 Å². The number of thioether (sulfide) groups is 1. The lowest BCUT2D eigenvalue weighted by molar-refractivity contribution is -0.187. The van der Waals surface area contributed by atoms with Crippen LogP contribution in [0.3, 0.4) is 0 Å². The summed E-state index contributed by atoms with van der Waals surface area (Å²) in [4.78, 5) is 39.1. The monoisotopic (exact) mass is 303 g/mol. The summed E-state index contributed by atoms with van der Waals surface area (Å²) in [5.74, 6) is -0.862.